The summed E-state index contributed by atoms with van der Waals surface area (Å²) in [6.45, 7) is 8.57. The van der Waals surface area contributed by atoms with Gasteiger partial charge in [-0.05, 0) is 60.3 Å². The van der Waals surface area contributed by atoms with Crippen molar-refractivity contribution in [2.24, 2.45) is 11.8 Å². The predicted octanol–water partition coefficient (Wildman–Crippen LogP) is 1.70. The summed E-state index contributed by atoms with van der Waals surface area (Å²) >= 11 is 0. The molecule has 0 spiro atoms. The molecule has 5 heteroatoms. The Labute approximate surface area is 190 Å². The molecule has 2 aromatic carbocycles. The van der Waals surface area contributed by atoms with Gasteiger partial charge in [-0.25, -0.2) is 0 Å². The fourth-order valence-corrected chi connectivity index (χ4v) is 7.87. The van der Waals surface area contributed by atoms with Crippen LogP contribution in [0.3, 0.4) is 0 Å². The van der Waals surface area contributed by atoms with Crippen molar-refractivity contribution in [3.8, 4) is 11.1 Å². The van der Waals surface area contributed by atoms with Crippen molar-refractivity contribution < 1.29 is 4.79 Å². The fraction of sp³-hybridized carbons (Fsp3) is 0.519. The van der Waals surface area contributed by atoms with Gasteiger partial charge in [0.15, 0.2) is 5.78 Å². The lowest BCUT2D eigenvalue weighted by Crippen LogP contribution is -2.36. The summed E-state index contributed by atoms with van der Waals surface area (Å²) in [6, 6.07) is 13.5. The lowest BCUT2D eigenvalue weighted by atomic mass is 9.74. The van der Waals surface area contributed by atoms with Gasteiger partial charge >= 0.3 is 0 Å². The molecule has 4 heterocycles. The average molecular weight is 429 g/mol. The minimum Gasteiger partial charge on any atom is -0.315 e. The van der Waals surface area contributed by atoms with E-state index < -0.39 is 0 Å². The lowest BCUT2D eigenvalue weighted by Gasteiger charge is -2.29. The van der Waals surface area contributed by atoms with E-state index in [-0.39, 0.29) is 16.6 Å². The zero-order valence-electron chi connectivity index (χ0n) is 19.1. The Bertz CT molecular complexity index is 1060. The van der Waals surface area contributed by atoms with Gasteiger partial charge in [-0.2, -0.15) is 0 Å². The van der Waals surface area contributed by atoms with Crippen LogP contribution in [0.5, 0.6) is 0 Å². The molecule has 0 bridgehead atoms. The average Bonchev–Trinajstić information content (AvgIpc) is 3.54. The maximum atomic E-state index is 13.7. The van der Waals surface area contributed by atoms with Gasteiger partial charge in [0.1, 0.15) is 0 Å². The molecule has 2 aromatic rings. The molecule has 5 aliphatic rings. The summed E-state index contributed by atoms with van der Waals surface area (Å²) in [7, 11) is 4.45. The van der Waals surface area contributed by atoms with Gasteiger partial charge in [-0.15, -0.1) is 0 Å². The van der Waals surface area contributed by atoms with Gasteiger partial charge in [0.25, 0.3) is 0 Å². The maximum Gasteiger partial charge on any atom is 0.194 e. The molecule has 5 nitrogen and oxygen atoms in total. The number of benzene rings is 2. The maximum absolute atomic E-state index is 13.7. The van der Waals surface area contributed by atoms with Gasteiger partial charge in [0, 0.05) is 74.3 Å². The third kappa shape index (κ3) is 2.40. The highest BCUT2D eigenvalue weighted by atomic mass is 16.1. The van der Waals surface area contributed by atoms with Crippen molar-refractivity contribution in [3.63, 3.8) is 0 Å². The van der Waals surface area contributed by atoms with Crippen LogP contribution in [0.25, 0.3) is 11.1 Å². The van der Waals surface area contributed by atoms with E-state index in [1.807, 2.05) is 0 Å². The highest BCUT2D eigenvalue weighted by molar-refractivity contribution is 6.21. The molecule has 4 atom stereocenters. The quantitative estimate of drug-likeness (QED) is 0.651. The second-order valence-electron chi connectivity index (χ2n) is 11.2. The molecule has 4 saturated heterocycles. The number of nitrogens with one attached hydrogen (secondary N) is 2. The van der Waals surface area contributed by atoms with E-state index in [1.165, 1.54) is 11.1 Å². The monoisotopic (exact) mass is 428 g/mol. The topological polar surface area (TPSA) is 47.6 Å². The predicted molar refractivity (Wildman–Crippen MR) is 126 cm³/mol. The highest BCUT2D eigenvalue weighted by Crippen LogP contribution is 2.47. The minimum atomic E-state index is 0.139. The van der Waals surface area contributed by atoms with E-state index in [1.54, 1.807) is 0 Å². The van der Waals surface area contributed by atoms with Crippen LogP contribution >= 0.6 is 0 Å². The van der Waals surface area contributed by atoms with Crippen molar-refractivity contribution in [2.45, 2.75) is 10.8 Å². The number of carbonyl (C=O) groups excluding carboxylic acids is 1. The molecule has 32 heavy (non-hydrogen) atoms. The van der Waals surface area contributed by atoms with Crippen LogP contribution in [0.15, 0.2) is 36.4 Å². The first-order chi connectivity index (χ1) is 15.5. The summed E-state index contributed by atoms with van der Waals surface area (Å²) in [4.78, 5) is 18.6. The molecule has 4 aliphatic heterocycles. The highest BCUT2D eigenvalue weighted by Gasteiger charge is 2.51. The van der Waals surface area contributed by atoms with Crippen LogP contribution < -0.4 is 10.6 Å². The fourth-order valence-electron chi connectivity index (χ4n) is 7.87. The molecule has 0 saturated carbocycles. The number of likely N-dealkylation sites (tertiary alicyclic amines) is 2. The summed E-state index contributed by atoms with van der Waals surface area (Å²) < 4.78 is 0. The summed E-state index contributed by atoms with van der Waals surface area (Å²) in [5.41, 5.74) is 7.01. The number of hydrogen-bond acceptors (Lipinski definition) is 5. The van der Waals surface area contributed by atoms with Crippen LogP contribution in [-0.4, -0.2) is 82.0 Å². The number of rotatable bonds is 2. The number of ketones is 1. The minimum absolute atomic E-state index is 0.139. The second kappa shape index (κ2) is 6.51. The first-order valence-corrected chi connectivity index (χ1v) is 12.1. The molecule has 0 aromatic heterocycles. The first-order valence-electron chi connectivity index (χ1n) is 12.1. The van der Waals surface area contributed by atoms with E-state index in [9.17, 15) is 4.79 Å². The summed E-state index contributed by atoms with van der Waals surface area (Å²) in [5, 5.41) is 7.24. The Morgan fingerprint density at radius 3 is 1.69 bits per heavy atom. The standard InChI is InChI=1S/C27H32N4O/c1-30-11-19-9-28-13-26(19,15-30)17-3-5-21-22-6-4-18(8-24(22)25(32)23(21)7-17)27-14-29-10-20(27)12-31(2)16-27/h3-8,19-20,28-29H,9-16H2,1-2H3. The van der Waals surface area contributed by atoms with Crippen LogP contribution in [0.2, 0.25) is 0 Å². The largest absolute Gasteiger partial charge is 0.315 e. The molecule has 166 valence electrons. The van der Waals surface area contributed by atoms with E-state index in [0.717, 1.165) is 74.6 Å². The Kier molecular flexibility index (Phi) is 3.95. The zero-order valence-corrected chi connectivity index (χ0v) is 19.1. The Morgan fingerprint density at radius 2 is 1.22 bits per heavy atom. The van der Waals surface area contributed by atoms with Gasteiger partial charge in [0.05, 0.1) is 0 Å². The van der Waals surface area contributed by atoms with Crippen LogP contribution in [0.4, 0.5) is 0 Å². The molecule has 0 amide bonds. The summed E-state index contributed by atoms with van der Waals surface area (Å²) in [6.07, 6.45) is 0. The lowest BCUT2D eigenvalue weighted by molar-refractivity contribution is 0.104. The SMILES string of the molecule is CN1CC2CNCC2(c2ccc3c(c2)C(=O)c2cc(C45CNCC4CN(C)C5)ccc2-3)C1. The number of nitrogens with zero attached hydrogens (tertiary/aromatic N) is 2. The first kappa shape index (κ1) is 19.4. The van der Waals surface area contributed by atoms with Crippen molar-refractivity contribution in [3.05, 3.63) is 58.7 Å². The molecular weight excluding hydrogens is 396 g/mol. The molecule has 1 aliphatic carbocycles. The molecule has 0 radical (unpaired) electrons. The Hall–Kier alpha value is -2.05. The van der Waals surface area contributed by atoms with Gasteiger partial charge in [-0.3, -0.25) is 4.79 Å². The molecule has 4 unspecified atom stereocenters. The Morgan fingerprint density at radius 1 is 0.750 bits per heavy atom. The van der Waals surface area contributed by atoms with Gasteiger partial charge in [-0.1, -0.05) is 24.3 Å². The van der Waals surface area contributed by atoms with Crippen LogP contribution in [0, 0.1) is 11.8 Å². The zero-order chi connectivity index (χ0) is 21.7. The van der Waals surface area contributed by atoms with Crippen molar-refractivity contribution in [1.29, 1.82) is 0 Å². The normalized spacial score (nSPS) is 35.9. The van der Waals surface area contributed by atoms with Crippen LogP contribution in [-0.2, 0) is 10.8 Å². The number of likely N-dealkylation sites (N-methyl/N-ethyl adjacent to an activating group) is 2. The van der Waals surface area contributed by atoms with E-state index >= 15 is 0 Å². The number of carbonyl (C=O) groups is 1. The van der Waals surface area contributed by atoms with Crippen molar-refractivity contribution >= 4 is 5.78 Å². The smallest absolute Gasteiger partial charge is 0.194 e. The van der Waals surface area contributed by atoms with Gasteiger partial charge in [0.2, 0.25) is 0 Å². The molecule has 7 rings (SSSR count). The third-order valence-corrected chi connectivity index (χ3v) is 9.36. The Balaban J connectivity index is 1.29. The number of hydrogen-bond donors (Lipinski definition) is 2. The van der Waals surface area contributed by atoms with Crippen LogP contribution in [0.1, 0.15) is 27.0 Å². The van der Waals surface area contributed by atoms with Crippen molar-refractivity contribution in [2.75, 3.05) is 66.5 Å². The van der Waals surface area contributed by atoms with Gasteiger partial charge < -0.3 is 20.4 Å². The molecule has 2 N–H and O–H groups in total. The molecule has 4 fully saturated rings. The van der Waals surface area contributed by atoms with E-state index in [0.29, 0.717) is 11.8 Å². The van der Waals surface area contributed by atoms with Crippen molar-refractivity contribution in [1.82, 2.24) is 20.4 Å². The van der Waals surface area contributed by atoms with E-state index in [4.69, 9.17) is 0 Å². The molecular formula is C27H32N4O. The number of fused-ring (bicyclic) bond motifs is 5. The third-order valence-electron chi connectivity index (χ3n) is 9.36. The second-order valence-corrected chi connectivity index (χ2v) is 11.2. The van der Waals surface area contributed by atoms with E-state index in [2.05, 4.69) is 70.9 Å². The summed E-state index contributed by atoms with van der Waals surface area (Å²) in [5.74, 6) is 1.47.